The maximum absolute atomic E-state index is 12.7. The Morgan fingerprint density at radius 1 is 1.24 bits per heavy atom. The number of hydrogen-bond acceptors (Lipinski definition) is 6. The largest absolute Gasteiger partial charge is 0.455 e. The van der Waals surface area contributed by atoms with Gasteiger partial charge in [-0.05, 0) is 75.7 Å². The number of carbonyl (C=O) groups excluding carboxylic acids is 1. The third-order valence-corrected chi connectivity index (χ3v) is 5.09. The van der Waals surface area contributed by atoms with Crippen molar-refractivity contribution in [2.75, 3.05) is 18.4 Å². The number of hydrogen-bond donors (Lipinski definition) is 2. The highest BCUT2D eigenvalue weighted by molar-refractivity contribution is 6.03. The molecule has 1 aliphatic rings. The molecule has 1 fully saturated rings. The van der Waals surface area contributed by atoms with E-state index in [1.165, 1.54) is 0 Å². The van der Waals surface area contributed by atoms with E-state index in [2.05, 4.69) is 25.9 Å². The zero-order valence-corrected chi connectivity index (χ0v) is 16.6. The maximum Gasteiger partial charge on any atom is 0.278 e. The number of aromatic nitrogens is 4. The van der Waals surface area contributed by atoms with Crippen molar-refractivity contribution in [2.45, 2.75) is 32.7 Å². The van der Waals surface area contributed by atoms with E-state index >= 15 is 0 Å². The van der Waals surface area contributed by atoms with Crippen LogP contribution in [0, 0.1) is 13.8 Å². The van der Waals surface area contributed by atoms with Crippen LogP contribution >= 0.6 is 0 Å². The zero-order valence-electron chi connectivity index (χ0n) is 16.6. The second-order valence-corrected chi connectivity index (χ2v) is 7.17. The summed E-state index contributed by atoms with van der Waals surface area (Å²) in [5.74, 6) is 1.12. The Balaban J connectivity index is 1.46. The standard InChI is InChI=1S/C21H24N6O2/c1-14-12-16(5-6-19(14)29-18-4-3-9-23-13-18)24-21(28)20-15(2)27(26-25-20)17-7-10-22-11-8-17/h3-6,9,12-13,17,22H,7-8,10-11H2,1-2H3,(H,24,28). The molecule has 0 saturated carbocycles. The van der Waals surface area contributed by atoms with Gasteiger partial charge in [0.25, 0.3) is 5.91 Å². The fourth-order valence-corrected chi connectivity index (χ4v) is 3.52. The van der Waals surface area contributed by atoms with Gasteiger partial charge in [-0.1, -0.05) is 5.21 Å². The second-order valence-electron chi connectivity index (χ2n) is 7.17. The smallest absolute Gasteiger partial charge is 0.278 e. The van der Waals surface area contributed by atoms with E-state index in [4.69, 9.17) is 4.74 Å². The van der Waals surface area contributed by atoms with Gasteiger partial charge in [0.2, 0.25) is 0 Å². The summed E-state index contributed by atoms with van der Waals surface area (Å²) in [6, 6.07) is 9.46. The summed E-state index contributed by atoms with van der Waals surface area (Å²) in [5.41, 5.74) is 2.74. The minimum Gasteiger partial charge on any atom is -0.455 e. The lowest BCUT2D eigenvalue weighted by atomic mass is 10.1. The minimum absolute atomic E-state index is 0.261. The molecular formula is C21H24N6O2. The van der Waals surface area contributed by atoms with Gasteiger partial charge < -0.3 is 15.4 Å². The van der Waals surface area contributed by atoms with Gasteiger partial charge in [0.15, 0.2) is 5.69 Å². The van der Waals surface area contributed by atoms with Crippen LogP contribution in [0.3, 0.4) is 0 Å². The van der Waals surface area contributed by atoms with Gasteiger partial charge in [0.05, 0.1) is 17.9 Å². The molecule has 8 heteroatoms. The third kappa shape index (κ3) is 4.27. The minimum atomic E-state index is -0.261. The van der Waals surface area contributed by atoms with Gasteiger partial charge in [-0.3, -0.25) is 9.78 Å². The van der Waals surface area contributed by atoms with Crippen LogP contribution in [0.15, 0.2) is 42.7 Å². The van der Waals surface area contributed by atoms with E-state index in [0.29, 0.717) is 22.9 Å². The summed E-state index contributed by atoms with van der Waals surface area (Å²) < 4.78 is 7.72. The lowest BCUT2D eigenvalue weighted by Gasteiger charge is -2.23. The normalized spacial score (nSPS) is 14.6. The van der Waals surface area contributed by atoms with Crippen LogP contribution in [0.5, 0.6) is 11.5 Å². The average Bonchev–Trinajstić information content (AvgIpc) is 3.13. The Morgan fingerprint density at radius 3 is 2.79 bits per heavy atom. The molecule has 0 aliphatic carbocycles. The van der Waals surface area contributed by atoms with E-state index in [1.54, 1.807) is 12.4 Å². The molecule has 3 heterocycles. The number of aryl methyl sites for hydroxylation is 1. The number of rotatable bonds is 5. The predicted octanol–water partition coefficient (Wildman–Crippen LogP) is 3.26. The summed E-state index contributed by atoms with van der Waals surface area (Å²) in [6.07, 6.45) is 5.33. The SMILES string of the molecule is Cc1cc(NC(=O)c2nnn(C3CCNCC3)c2C)ccc1Oc1cccnc1. The first kappa shape index (κ1) is 19.1. The molecule has 4 rings (SSSR count). The molecule has 0 atom stereocenters. The maximum atomic E-state index is 12.7. The van der Waals surface area contributed by atoms with Crippen molar-refractivity contribution in [1.29, 1.82) is 0 Å². The Morgan fingerprint density at radius 2 is 2.07 bits per heavy atom. The van der Waals surface area contributed by atoms with E-state index in [0.717, 1.165) is 37.2 Å². The van der Waals surface area contributed by atoms with Crippen LogP contribution in [0.1, 0.15) is 40.6 Å². The number of piperidine rings is 1. The van der Waals surface area contributed by atoms with Crippen molar-refractivity contribution in [1.82, 2.24) is 25.3 Å². The van der Waals surface area contributed by atoms with E-state index in [-0.39, 0.29) is 11.9 Å². The molecule has 1 aliphatic heterocycles. The number of carbonyl (C=O) groups is 1. The van der Waals surface area contributed by atoms with Crippen molar-refractivity contribution in [3.8, 4) is 11.5 Å². The second kappa shape index (κ2) is 8.40. The molecular weight excluding hydrogens is 368 g/mol. The zero-order chi connectivity index (χ0) is 20.2. The molecule has 1 amide bonds. The molecule has 0 radical (unpaired) electrons. The van der Waals surface area contributed by atoms with Crippen LogP contribution in [-0.4, -0.2) is 39.0 Å². The highest BCUT2D eigenvalue weighted by Gasteiger charge is 2.23. The average molecular weight is 392 g/mol. The van der Waals surface area contributed by atoms with Crippen LogP contribution in [0.25, 0.3) is 0 Å². The van der Waals surface area contributed by atoms with Crippen LogP contribution in [-0.2, 0) is 0 Å². The molecule has 2 aromatic heterocycles. The highest BCUT2D eigenvalue weighted by Crippen LogP contribution is 2.27. The highest BCUT2D eigenvalue weighted by atomic mass is 16.5. The summed E-state index contributed by atoms with van der Waals surface area (Å²) in [7, 11) is 0. The van der Waals surface area contributed by atoms with E-state index in [9.17, 15) is 4.79 Å². The van der Waals surface area contributed by atoms with Crippen molar-refractivity contribution in [3.05, 3.63) is 59.7 Å². The van der Waals surface area contributed by atoms with Crippen molar-refractivity contribution < 1.29 is 9.53 Å². The van der Waals surface area contributed by atoms with Gasteiger partial charge >= 0.3 is 0 Å². The van der Waals surface area contributed by atoms with Crippen LogP contribution in [0.4, 0.5) is 5.69 Å². The topological polar surface area (TPSA) is 94.0 Å². The van der Waals surface area contributed by atoms with Gasteiger partial charge in [-0.15, -0.1) is 5.10 Å². The van der Waals surface area contributed by atoms with E-state index < -0.39 is 0 Å². The Labute approximate surface area is 169 Å². The lowest BCUT2D eigenvalue weighted by molar-refractivity contribution is 0.102. The quantitative estimate of drug-likeness (QED) is 0.692. The predicted molar refractivity (Wildman–Crippen MR) is 109 cm³/mol. The number of benzene rings is 1. The molecule has 3 aromatic rings. The molecule has 1 aromatic carbocycles. The number of anilines is 1. The third-order valence-electron chi connectivity index (χ3n) is 5.09. The summed E-state index contributed by atoms with van der Waals surface area (Å²) >= 11 is 0. The first-order valence-corrected chi connectivity index (χ1v) is 9.74. The fourth-order valence-electron chi connectivity index (χ4n) is 3.52. The van der Waals surface area contributed by atoms with Gasteiger partial charge in [-0.2, -0.15) is 0 Å². The Bertz CT molecular complexity index is 996. The van der Waals surface area contributed by atoms with Crippen molar-refractivity contribution in [3.63, 3.8) is 0 Å². The van der Waals surface area contributed by atoms with Gasteiger partial charge in [0.1, 0.15) is 11.5 Å². The van der Waals surface area contributed by atoms with Crippen LogP contribution < -0.4 is 15.4 Å². The van der Waals surface area contributed by atoms with Crippen molar-refractivity contribution in [2.24, 2.45) is 0 Å². The van der Waals surface area contributed by atoms with Crippen molar-refractivity contribution >= 4 is 11.6 Å². The number of nitrogens with one attached hydrogen (secondary N) is 2. The summed E-state index contributed by atoms with van der Waals surface area (Å²) in [4.78, 5) is 16.8. The molecule has 150 valence electrons. The van der Waals surface area contributed by atoms with Crippen LogP contribution in [0.2, 0.25) is 0 Å². The molecule has 0 bridgehead atoms. The molecule has 1 saturated heterocycles. The first-order chi connectivity index (χ1) is 14.1. The van der Waals surface area contributed by atoms with E-state index in [1.807, 2.05) is 48.9 Å². The Kier molecular flexibility index (Phi) is 5.53. The number of nitrogens with zero attached hydrogens (tertiary/aromatic N) is 4. The Hall–Kier alpha value is -3.26. The summed E-state index contributed by atoms with van der Waals surface area (Å²) in [5, 5.41) is 14.6. The first-order valence-electron chi connectivity index (χ1n) is 9.74. The molecule has 29 heavy (non-hydrogen) atoms. The molecule has 2 N–H and O–H groups in total. The monoisotopic (exact) mass is 392 g/mol. The van der Waals surface area contributed by atoms with Gasteiger partial charge in [-0.25, -0.2) is 4.68 Å². The molecule has 0 unspecified atom stereocenters. The summed E-state index contributed by atoms with van der Waals surface area (Å²) in [6.45, 7) is 5.74. The fraction of sp³-hybridized carbons (Fsp3) is 0.333. The number of amides is 1. The lowest BCUT2D eigenvalue weighted by Crippen LogP contribution is -2.30. The van der Waals surface area contributed by atoms with Gasteiger partial charge in [0, 0.05) is 11.9 Å². The number of ether oxygens (including phenoxy) is 1. The molecule has 0 spiro atoms. The molecule has 8 nitrogen and oxygen atoms in total. The number of pyridine rings is 1.